The largest absolute Gasteiger partial charge is 0.257 e. The summed E-state index contributed by atoms with van der Waals surface area (Å²) in [5.41, 5.74) is 5.02. The predicted molar refractivity (Wildman–Crippen MR) is 56.0 cm³/mol. The van der Waals surface area contributed by atoms with Crippen molar-refractivity contribution in [1.29, 1.82) is 0 Å². The molecule has 1 nitrogen and oxygen atoms in total. The maximum atomic E-state index is 4.54. The average molecular weight is 171 g/mol. The van der Waals surface area contributed by atoms with Crippen LogP contribution in [0.4, 0.5) is 0 Å². The summed E-state index contributed by atoms with van der Waals surface area (Å²) >= 11 is 0. The Morgan fingerprint density at radius 3 is 2.31 bits per heavy atom. The second kappa shape index (κ2) is 3.17. The second-order valence-corrected chi connectivity index (χ2v) is 3.47. The number of rotatable bonds is 1. The lowest BCUT2D eigenvalue weighted by Crippen LogP contribution is -1.96. The van der Waals surface area contributed by atoms with Crippen molar-refractivity contribution in [3.8, 4) is 0 Å². The first kappa shape index (κ1) is 8.24. The molecule has 1 aromatic rings. The Hall–Kier alpha value is -1.37. The van der Waals surface area contributed by atoms with Gasteiger partial charge in [-0.05, 0) is 25.0 Å². The van der Waals surface area contributed by atoms with Crippen molar-refractivity contribution in [2.75, 3.05) is 0 Å². The minimum absolute atomic E-state index is 1.01. The van der Waals surface area contributed by atoms with Gasteiger partial charge in [0.05, 0.1) is 5.71 Å². The number of hydrogen-bond acceptors (Lipinski definition) is 1. The fourth-order valence-electron chi connectivity index (χ4n) is 1.51. The molecule has 0 N–H and O–H groups in total. The third-order valence-electron chi connectivity index (χ3n) is 2.46. The SMILES string of the molecule is CC1=C(C)N=C(c2ccccc2)C1. The van der Waals surface area contributed by atoms with Gasteiger partial charge in [0.15, 0.2) is 0 Å². The van der Waals surface area contributed by atoms with E-state index < -0.39 is 0 Å². The lowest BCUT2D eigenvalue weighted by molar-refractivity contribution is 1.22. The van der Waals surface area contributed by atoms with Gasteiger partial charge in [-0.25, -0.2) is 0 Å². The molecule has 0 amide bonds. The maximum absolute atomic E-state index is 4.54. The first-order chi connectivity index (χ1) is 6.27. The lowest BCUT2D eigenvalue weighted by atomic mass is 10.1. The van der Waals surface area contributed by atoms with Crippen LogP contribution in [0.5, 0.6) is 0 Å². The van der Waals surface area contributed by atoms with Gasteiger partial charge in [0.25, 0.3) is 0 Å². The Bertz CT molecular complexity index is 371. The smallest absolute Gasteiger partial charge is 0.0520 e. The van der Waals surface area contributed by atoms with E-state index in [1.807, 2.05) is 6.07 Å². The summed E-state index contributed by atoms with van der Waals surface area (Å²) < 4.78 is 0. The van der Waals surface area contributed by atoms with Crippen molar-refractivity contribution in [3.05, 3.63) is 47.2 Å². The summed E-state index contributed by atoms with van der Waals surface area (Å²) in [6.07, 6.45) is 1.01. The highest BCUT2D eigenvalue weighted by Gasteiger charge is 2.12. The number of nitrogens with zero attached hydrogens (tertiary/aromatic N) is 1. The van der Waals surface area contributed by atoms with Crippen LogP contribution in [0, 0.1) is 0 Å². The third kappa shape index (κ3) is 1.55. The fourth-order valence-corrected chi connectivity index (χ4v) is 1.51. The van der Waals surface area contributed by atoms with E-state index in [4.69, 9.17) is 0 Å². The van der Waals surface area contributed by atoms with E-state index in [1.165, 1.54) is 22.5 Å². The lowest BCUT2D eigenvalue weighted by Gasteiger charge is -1.98. The van der Waals surface area contributed by atoms with Crippen LogP contribution < -0.4 is 0 Å². The van der Waals surface area contributed by atoms with Crippen molar-refractivity contribution in [2.45, 2.75) is 20.3 Å². The van der Waals surface area contributed by atoms with Gasteiger partial charge in [-0.3, -0.25) is 4.99 Å². The molecule has 13 heavy (non-hydrogen) atoms. The van der Waals surface area contributed by atoms with Gasteiger partial charge >= 0.3 is 0 Å². The second-order valence-electron chi connectivity index (χ2n) is 3.47. The van der Waals surface area contributed by atoms with Gasteiger partial charge in [-0.15, -0.1) is 0 Å². The Balaban J connectivity index is 2.29. The molecule has 0 bridgehead atoms. The van der Waals surface area contributed by atoms with Crippen LogP contribution in [0.15, 0.2) is 46.6 Å². The van der Waals surface area contributed by atoms with E-state index in [2.05, 4.69) is 43.1 Å². The summed E-state index contributed by atoms with van der Waals surface area (Å²) in [7, 11) is 0. The summed E-state index contributed by atoms with van der Waals surface area (Å²) in [4.78, 5) is 4.54. The van der Waals surface area contributed by atoms with E-state index in [-0.39, 0.29) is 0 Å². The monoisotopic (exact) mass is 171 g/mol. The van der Waals surface area contributed by atoms with Gasteiger partial charge < -0.3 is 0 Å². The van der Waals surface area contributed by atoms with Crippen molar-refractivity contribution >= 4 is 5.71 Å². The van der Waals surface area contributed by atoms with Crippen molar-refractivity contribution in [2.24, 2.45) is 4.99 Å². The van der Waals surface area contributed by atoms with Crippen LogP contribution in [0.2, 0.25) is 0 Å². The van der Waals surface area contributed by atoms with Crippen LogP contribution in [-0.4, -0.2) is 5.71 Å². The molecule has 0 aliphatic carbocycles. The molecule has 0 aromatic heterocycles. The van der Waals surface area contributed by atoms with Crippen LogP contribution in [0.25, 0.3) is 0 Å². The quantitative estimate of drug-likeness (QED) is 0.615. The van der Waals surface area contributed by atoms with Crippen molar-refractivity contribution < 1.29 is 0 Å². The zero-order valence-electron chi connectivity index (χ0n) is 8.04. The Morgan fingerprint density at radius 2 is 1.77 bits per heavy atom. The van der Waals surface area contributed by atoms with Gasteiger partial charge in [0.2, 0.25) is 0 Å². The maximum Gasteiger partial charge on any atom is 0.0520 e. The van der Waals surface area contributed by atoms with Crippen LogP contribution in [0.1, 0.15) is 25.8 Å². The molecule has 66 valence electrons. The van der Waals surface area contributed by atoms with Crippen LogP contribution >= 0.6 is 0 Å². The Labute approximate surface area is 78.8 Å². The molecule has 1 aliphatic heterocycles. The summed E-state index contributed by atoms with van der Waals surface area (Å²) in [5.74, 6) is 0. The zero-order chi connectivity index (χ0) is 9.26. The van der Waals surface area contributed by atoms with Gasteiger partial charge in [-0.1, -0.05) is 30.3 Å². The molecular weight excluding hydrogens is 158 g/mol. The standard InChI is InChI=1S/C12H13N/c1-9-8-12(13-10(9)2)11-6-4-3-5-7-11/h3-7H,8H2,1-2H3. The molecule has 1 heteroatoms. The van der Waals surface area contributed by atoms with Gasteiger partial charge in [-0.2, -0.15) is 0 Å². The van der Waals surface area contributed by atoms with Crippen LogP contribution in [0.3, 0.4) is 0 Å². The molecular formula is C12H13N. The molecule has 1 aliphatic rings. The fraction of sp³-hybridized carbons (Fsp3) is 0.250. The highest BCUT2D eigenvalue weighted by atomic mass is 14.8. The molecule has 1 heterocycles. The van der Waals surface area contributed by atoms with E-state index >= 15 is 0 Å². The Kier molecular flexibility index (Phi) is 2.01. The minimum atomic E-state index is 1.01. The molecule has 0 unspecified atom stereocenters. The molecule has 0 fully saturated rings. The van der Waals surface area contributed by atoms with E-state index in [1.54, 1.807) is 0 Å². The Morgan fingerprint density at radius 1 is 1.08 bits per heavy atom. The first-order valence-corrected chi connectivity index (χ1v) is 4.57. The highest BCUT2D eigenvalue weighted by Crippen LogP contribution is 2.22. The zero-order valence-corrected chi connectivity index (χ0v) is 8.04. The third-order valence-corrected chi connectivity index (χ3v) is 2.46. The number of allylic oxidation sites excluding steroid dienone is 2. The van der Waals surface area contributed by atoms with E-state index in [9.17, 15) is 0 Å². The van der Waals surface area contributed by atoms with Crippen LogP contribution in [-0.2, 0) is 0 Å². The average Bonchev–Trinajstić information content (AvgIpc) is 2.49. The summed E-state index contributed by atoms with van der Waals surface area (Å²) in [6, 6.07) is 10.4. The number of benzene rings is 1. The number of aliphatic imine (C=N–C) groups is 1. The normalized spacial score (nSPS) is 16.3. The van der Waals surface area contributed by atoms with Crippen molar-refractivity contribution in [1.82, 2.24) is 0 Å². The molecule has 0 saturated carbocycles. The minimum Gasteiger partial charge on any atom is -0.257 e. The van der Waals surface area contributed by atoms with Gasteiger partial charge in [0.1, 0.15) is 0 Å². The molecule has 0 spiro atoms. The van der Waals surface area contributed by atoms with E-state index in [0.717, 1.165) is 6.42 Å². The summed E-state index contributed by atoms with van der Waals surface area (Å²) in [6.45, 7) is 4.22. The van der Waals surface area contributed by atoms with E-state index in [0.29, 0.717) is 0 Å². The molecule has 0 atom stereocenters. The highest BCUT2D eigenvalue weighted by molar-refractivity contribution is 6.04. The molecule has 0 saturated heterocycles. The predicted octanol–water partition coefficient (Wildman–Crippen LogP) is 3.17. The molecule has 2 rings (SSSR count). The molecule has 0 radical (unpaired) electrons. The topological polar surface area (TPSA) is 12.4 Å². The first-order valence-electron chi connectivity index (χ1n) is 4.57. The molecule has 1 aromatic carbocycles. The van der Waals surface area contributed by atoms with Gasteiger partial charge in [0, 0.05) is 12.1 Å². The summed E-state index contributed by atoms with van der Waals surface area (Å²) in [5, 5.41) is 0. The van der Waals surface area contributed by atoms with Crippen molar-refractivity contribution in [3.63, 3.8) is 0 Å². The number of hydrogen-bond donors (Lipinski definition) is 0.